The van der Waals surface area contributed by atoms with E-state index in [4.69, 9.17) is 13.8 Å². The fraction of sp³-hybridized carbons (Fsp3) is 0.672. The van der Waals surface area contributed by atoms with Crippen LogP contribution in [0.2, 0.25) is 0 Å². The minimum absolute atomic E-state index is 0.0343. The van der Waals surface area contributed by atoms with E-state index in [1.54, 1.807) is 0 Å². The lowest BCUT2D eigenvalue weighted by Gasteiger charge is -2.30. The number of rotatable bonds is 54. The summed E-state index contributed by atoms with van der Waals surface area (Å²) >= 11 is 0. The fourth-order valence-corrected chi connectivity index (χ4v) is 8.95. The first kappa shape index (κ1) is 73.4. The number of carbonyl (C=O) groups excluding carboxylic acids is 2. The van der Waals surface area contributed by atoms with Crippen LogP contribution in [0.5, 0.6) is 0 Å². The average molecular weight is 1090 g/mol. The van der Waals surface area contributed by atoms with Crippen LogP contribution >= 0.6 is 7.82 Å². The Morgan fingerprint density at radius 2 is 0.896 bits per heavy atom. The van der Waals surface area contributed by atoms with Crippen LogP contribution in [-0.4, -0.2) is 69.4 Å². The number of unbranched alkanes of at least 4 members (excludes halogenated alkanes) is 22. The molecule has 0 rings (SSSR count). The van der Waals surface area contributed by atoms with Gasteiger partial charge in [0.2, 0.25) is 5.91 Å². The number of nitrogens with zero attached hydrogens (tertiary/aromatic N) is 1. The summed E-state index contributed by atoms with van der Waals surface area (Å²) in [5.41, 5.74) is 0. The molecule has 10 heteroatoms. The minimum atomic E-state index is -4.71. The highest BCUT2D eigenvalue weighted by Crippen LogP contribution is 2.38. The summed E-state index contributed by atoms with van der Waals surface area (Å²) in [5, 5.41) is 3.00. The van der Waals surface area contributed by atoms with Gasteiger partial charge < -0.3 is 28.5 Å². The molecule has 440 valence electrons. The Kier molecular flexibility index (Phi) is 53.1. The summed E-state index contributed by atoms with van der Waals surface area (Å²) in [6, 6.07) is -0.909. The number of quaternary nitrogens is 1. The third kappa shape index (κ3) is 56.9. The maximum atomic E-state index is 13.5. The number of ether oxygens (including phenoxy) is 1. The molecule has 0 saturated carbocycles. The highest BCUT2D eigenvalue weighted by Gasteiger charge is 2.27. The van der Waals surface area contributed by atoms with Gasteiger partial charge in [0.15, 0.2) is 0 Å². The molecule has 0 bridgehead atoms. The number of hydrogen-bond acceptors (Lipinski definition) is 7. The monoisotopic (exact) mass is 1090 g/mol. The number of nitrogens with one attached hydrogen (secondary N) is 1. The fourth-order valence-electron chi connectivity index (χ4n) is 8.23. The Hall–Kier alpha value is -3.59. The van der Waals surface area contributed by atoms with Gasteiger partial charge in [-0.05, 0) is 102 Å². The number of esters is 1. The van der Waals surface area contributed by atoms with Gasteiger partial charge in [0, 0.05) is 12.8 Å². The number of allylic oxidation sites excluding steroid dienone is 19. The van der Waals surface area contributed by atoms with Gasteiger partial charge in [0.05, 0.1) is 33.8 Å². The standard InChI is InChI=1S/C67H115N2O7P/c1-7-10-13-16-19-22-25-27-28-29-30-31-32-33-34-35-36-37-38-39-40-42-45-48-51-54-57-60-67(71)76-65(58-55-52-49-46-43-24-21-18-15-12-9-3)64(63-75-77(72,73)74-62-61-69(4,5)6)68-66(70)59-56-53-50-47-44-41-26-23-20-17-14-11-8-2/h10-11,13-14,17,19-20,22-23,26-28,30-31,33-34,36-37,55,58,64-65H,7-9,12,15-16,18,21,24-25,29,32,35,38-54,56-57,59-63H2,1-6H3,(H-,68,70,72,73)/b13-10-,14-11+,20-17+,22-19-,26-23-,28-27-,31-30-,34-33-,37-36-,58-55-. The lowest BCUT2D eigenvalue weighted by atomic mass is 10.1. The minimum Gasteiger partial charge on any atom is -0.756 e. The van der Waals surface area contributed by atoms with Crippen molar-refractivity contribution in [2.75, 3.05) is 40.9 Å². The highest BCUT2D eigenvalue weighted by molar-refractivity contribution is 7.45. The molecule has 0 heterocycles. The predicted molar refractivity (Wildman–Crippen MR) is 330 cm³/mol. The summed E-state index contributed by atoms with van der Waals surface area (Å²) in [4.78, 5) is 39.9. The van der Waals surface area contributed by atoms with E-state index in [1.807, 2.05) is 39.4 Å². The molecule has 0 fully saturated rings. The number of likely N-dealkylation sites (N-methyl/N-ethyl adjacent to an activating group) is 1. The normalized spacial score (nSPS) is 14.5. The van der Waals surface area contributed by atoms with Gasteiger partial charge in [-0.15, -0.1) is 0 Å². The van der Waals surface area contributed by atoms with Gasteiger partial charge in [-0.3, -0.25) is 14.2 Å². The lowest BCUT2D eigenvalue weighted by molar-refractivity contribution is -0.870. The SMILES string of the molecule is CC/C=C\C/C=C\C/C=C\C/C=C\C/C=C\C/C=C\CCCCCCCCCCC(=O)OC(/C=C\CCCCCCCCCCC)C(COP(=O)([O-])OCC[N+](C)(C)C)NC(=O)CCCCCCC\C=C/C=C/C=C/CC. The first-order chi connectivity index (χ1) is 37.4. The van der Waals surface area contributed by atoms with E-state index in [2.05, 4.69) is 129 Å². The zero-order valence-corrected chi connectivity index (χ0v) is 51.0. The predicted octanol–water partition coefficient (Wildman–Crippen LogP) is 18.5. The molecule has 0 radical (unpaired) electrons. The summed E-state index contributed by atoms with van der Waals surface area (Å²) in [7, 11) is 1.15. The smallest absolute Gasteiger partial charge is 0.306 e. The molecule has 0 aliphatic rings. The first-order valence-electron chi connectivity index (χ1n) is 30.9. The Labute approximate surface area is 473 Å². The zero-order chi connectivity index (χ0) is 56.4. The van der Waals surface area contributed by atoms with Gasteiger partial charge in [-0.2, -0.15) is 0 Å². The molecule has 9 nitrogen and oxygen atoms in total. The Bertz CT molecular complexity index is 1730. The molecule has 0 saturated heterocycles. The van der Waals surface area contributed by atoms with Crippen molar-refractivity contribution in [1.29, 1.82) is 0 Å². The quantitative estimate of drug-likeness (QED) is 0.0161. The third-order valence-electron chi connectivity index (χ3n) is 12.9. The van der Waals surface area contributed by atoms with Crippen LogP contribution in [0.15, 0.2) is 122 Å². The van der Waals surface area contributed by atoms with Crippen LogP contribution in [0.3, 0.4) is 0 Å². The van der Waals surface area contributed by atoms with Gasteiger partial charge in [0.1, 0.15) is 19.3 Å². The molecule has 0 aromatic heterocycles. The van der Waals surface area contributed by atoms with Crippen molar-refractivity contribution >= 4 is 19.7 Å². The molecule has 0 aromatic rings. The second kappa shape index (κ2) is 55.7. The van der Waals surface area contributed by atoms with Crippen molar-refractivity contribution in [2.45, 2.75) is 251 Å². The molecule has 1 amide bonds. The number of phosphoric ester groups is 1. The van der Waals surface area contributed by atoms with Crippen molar-refractivity contribution in [3.63, 3.8) is 0 Å². The molecule has 0 aliphatic carbocycles. The summed E-state index contributed by atoms with van der Waals surface area (Å²) in [5.74, 6) is -0.584. The summed E-state index contributed by atoms with van der Waals surface area (Å²) in [6.07, 6.45) is 77.5. The molecular formula is C67H115N2O7P. The van der Waals surface area contributed by atoms with Crippen molar-refractivity contribution in [2.24, 2.45) is 0 Å². The molecular weight excluding hydrogens is 976 g/mol. The van der Waals surface area contributed by atoms with Crippen LogP contribution in [0.25, 0.3) is 0 Å². The molecule has 0 aromatic carbocycles. The van der Waals surface area contributed by atoms with E-state index in [9.17, 15) is 19.0 Å². The van der Waals surface area contributed by atoms with Gasteiger partial charge in [-0.25, -0.2) is 0 Å². The van der Waals surface area contributed by atoms with Crippen LogP contribution < -0.4 is 10.2 Å². The molecule has 0 spiro atoms. The molecule has 1 N–H and O–H groups in total. The van der Waals surface area contributed by atoms with Crippen molar-refractivity contribution in [3.05, 3.63) is 122 Å². The molecule has 3 atom stereocenters. The first-order valence-corrected chi connectivity index (χ1v) is 32.3. The van der Waals surface area contributed by atoms with E-state index in [-0.39, 0.29) is 31.3 Å². The van der Waals surface area contributed by atoms with Gasteiger partial charge in [0.25, 0.3) is 7.82 Å². The van der Waals surface area contributed by atoms with Gasteiger partial charge in [-0.1, -0.05) is 245 Å². The van der Waals surface area contributed by atoms with Crippen LogP contribution in [-0.2, 0) is 27.9 Å². The number of carbonyl (C=O) groups is 2. The van der Waals surface area contributed by atoms with Crippen LogP contribution in [0.4, 0.5) is 0 Å². The van der Waals surface area contributed by atoms with Gasteiger partial charge >= 0.3 is 5.97 Å². The van der Waals surface area contributed by atoms with Crippen LogP contribution in [0, 0.1) is 0 Å². The van der Waals surface area contributed by atoms with E-state index in [1.165, 1.54) is 70.6 Å². The largest absolute Gasteiger partial charge is 0.756 e. The average Bonchev–Trinajstić information content (AvgIpc) is 3.39. The second-order valence-corrected chi connectivity index (χ2v) is 22.9. The maximum absolute atomic E-state index is 13.5. The Morgan fingerprint density at radius 3 is 1.39 bits per heavy atom. The number of hydrogen-bond donors (Lipinski definition) is 1. The summed E-state index contributed by atoms with van der Waals surface area (Å²) < 4.78 is 30.2. The lowest BCUT2D eigenvalue weighted by Crippen LogP contribution is -2.47. The Morgan fingerprint density at radius 1 is 0.481 bits per heavy atom. The molecule has 0 aliphatic heterocycles. The van der Waals surface area contributed by atoms with E-state index < -0.39 is 26.6 Å². The number of amides is 1. The highest BCUT2D eigenvalue weighted by atomic mass is 31.2. The van der Waals surface area contributed by atoms with E-state index >= 15 is 0 Å². The van der Waals surface area contributed by atoms with Crippen molar-refractivity contribution in [1.82, 2.24) is 5.32 Å². The van der Waals surface area contributed by atoms with Crippen molar-refractivity contribution < 1.29 is 37.3 Å². The van der Waals surface area contributed by atoms with E-state index in [0.717, 1.165) is 122 Å². The molecule has 77 heavy (non-hydrogen) atoms. The molecule has 3 unspecified atom stereocenters. The zero-order valence-electron chi connectivity index (χ0n) is 50.1. The third-order valence-corrected chi connectivity index (χ3v) is 13.9. The number of phosphoric acid groups is 1. The van der Waals surface area contributed by atoms with E-state index in [0.29, 0.717) is 23.9 Å². The topological polar surface area (TPSA) is 114 Å². The van der Waals surface area contributed by atoms with Crippen LogP contribution in [0.1, 0.15) is 239 Å². The Balaban J connectivity index is 5.13. The summed E-state index contributed by atoms with van der Waals surface area (Å²) in [6.45, 7) is 6.55. The maximum Gasteiger partial charge on any atom is 0.306 e. The second-order valence-electron chi connectivity index (χ2n) is 21.5. The van der Waals surface area contributed by atoms with Crippen molar-refractivity contribution in [3.8, 4) is 0 Å².